The summed E-state index contributed by atoms with van der Waals surface area (Å²) in [5, 5.41) is 2.90. The number of nitrogens with zero attached hydrogens (tertiary/aromatic N) is 1. The zero-order chi connectivity index (χ0) is 33.1. The highest BCUT2D eigenvalue weighted by atomic mass is 32.2. The minimum atomic E-state index is -0.881. The van der Waals surface area contributed by atoms with E-state index in [1.807, 2.05) is 32.2 Å². The predicted molar refractivity (Wildman–Crippen MR) is 176 cm³/mol. The minimum absolute atomic E-state index is 0.0492. The molecule has 0 heterocycles. The van der Waals surface area contributed by atoms with Gasteiger partial charge in [0, 0.05) is 41.9 Å². The van der Waals surface area contributed by atoms with Crippen molar-refractivity contribution in [1.82, 2.24) is 10.2 Å². The van der Waals surface area contributed by atoms with E-state index in [0.717, 1.165) is 0 Å². The Balaban J connectivity index is 4.64. The fourth-order valence-electron chi connectivity index (χ4n) is 3.11. The molecule has 0 aliphatic carbocycles. The second-order valence-corrected chi connectivity index (χ2v) is 13.6. The number of esters is 5. The maximum atomic E-state index is 12.5. The third-order valence-electron chi connectivity index (χ3n) is 6.10. The van der Waals surface area contributed by atoms with Crippen LogP contribution in [-0.4, -0.2) is 137 Å². The number of carbonyl (C=O) groups is 5. The lowest BCUT2D eigenvalue weighted by Crippen LogP contribution is -2.39. The zero-order valence-corrected chi connectivity index (χ0v) is 29.4. The van der Waals surface area contributed by atoms with E-state index in [1.54, 1.807) is 7.05 Å². The molecular formula is C29H52N2O10S3. The van der Waals surface area contributed by atoms with Crippen molar-refractivity contribution in [1.29, 1.82) is 0 Å². The van der Waals surface area contributed by atoms with Gasteiger partial charge in [0.05, 0.1) is 37.5 Å². The Hall–Kier alpha value is -1.68. The van der Waals surface area contributed by atoms with E-state index >= 15 is 0 Å². The lowest BCUT2D eigenvalue weighted by molar-refractivity contribution is -0.162. The van der Waals surface area contributed by atoms with Gasteiger partial charge in [-0.05, 0) is 33.8 Å². The molecule has 0 saturated heterocycles. The molecule has 0 saturated carbocycles. The van der Waals surface area contributed by atoms with E-state index in [-0.39, 0.29) is 69.8 Å². The number of ether oxygens (including phenoxy) is 5. The molecule has 0 aliphatic rings. The molecule has 0 aromatic rings. The monoisotopic (exact) mass is 684 g/mol. The van der Waals surface area contributed by atoms with E-state index in [0.29, 0.717) is 61.5 Å². The van der Waals surface area contributed by atoms with Gasteiger partial charge in [-0.15, -0.1) is 0 Å². The Morgan fingerprint density at radius 2 is 1.02 bits per heavy atom. The van der Waals surface area contributed by atoms with Crippen LogP contribution in [0.5, 0.6) is 0 Å². The van der Waals surface area contributed by atoms with Gasteiger partial charge in [-0.1, -0.05) is 6.92 Å². The van der Waals surface area contributed by atoms with E-state index in [1.165, 1.54) is 35.3 Å². The van der Waals surface area contributed by atoms with Gasteiger partial charge in [-0.2, -0.15) is 35.3 Å². The lowest BCUT2D eigenvalue weighted by atomic mass is 9.88. The molecule has 1 unspecified atom stereocenters. The first kappa shape index (κ1) is 42.3. The largest absolute Gasteiger partial charge is 0.465 e. The van der Waals surface area contributed by atoms with Crippen molar-refractivity contribution in [2.24, 2.45) is 5.41 Å². The SMILES string of the molecule is CCC(COC(=O)CCSC)(COC(=O)CCSCCC(=O)OCCNC)COC(=O)CCSCCC(=O)OCCN(C)C. The Morgan fingerprint density at radius 3 is 1.39 bits per heavy atom. The molecule has 44 heavy (non-hydrogen) atoms. The number of hydrogen-bond donors (Lipinski definition) is 1. The summed E-state index contributed by atoms with van der Waals surface area (Å²) in [5.74, 6) is 0.882. The second-order valence-electron chi connectivity index (χ2n) is 10.2. The molecule has 0 fully saturated rings. The van der Waals surface area contributed by atoms with Crippen LogP contribution in [0.1, 0.15) is 45.4 Å². The van der Waals surface area contributed by atoms with Crippen molar-refractivity contribution in [2.75, 3.05) is 102 Å². The third kappa shape index (κ3) is 24.6. The zero-order valence-electron chi connectivity index (χ0n) is 27.0. The molecule has 0 spiro atoms. The summed E-state index contributed by atoms with van der Waals surface area (Å²) < 4.78 is 26.7. The van der Waals surface area contributed by atoms with E-state index < -0.39 is 17.4 Å². The standard InChI is InChI=1S/C29H52N2O10S3/c1-6-29(21-39-26(34)7-16-42-5,22-40-27(35)10-19-43-17-8-24(32)37-14-12-30-2)23-41-28(36)11-20-44-18-9-25(33)38-15-13-31(3)4/h30H,6-23H2,1-5H3. The summed E-state index contributed by atoms with van der Waals surface area (Å²) in [4.78, 5) is 62.4. The third-order valence-corrected chi connectivity index (χ3v) is 8.68. The van der Waals surface area contributed by atoms with Crippen LogP contribution < -0.4 is 5.32 Å². The van der Waals surface area contributed by atoms with Crippen LogP contribution in [-0.2, 0) is 47.7 Å². The highest BCUT2D eigenvalue weighted by molar-refractivity contribution is 7.99. The van der Waals surface area contributed by atoms with Gasteiger partial charge >= 0.3 is 29.8 Å². The van der Waals surface area contributed by atoms with Crippen LogP contribution in [0.25, 0.3) is 0 Å². The van der Waals surface area contributed by atoms with Crippen LogP contribution >= 0.6 is 35.3 Å². The van der Waals surface area contributed by atoms with Crippen molar-refractivity contribution < 1.29 is 47.7 Å². The Kier molecular flexibility index (Phi) is 26.6. The first-order chi connectivity index (χ1) is 21.1. The molecule has 0 bridgehead atoms. The number of nitrogens with one attached hydrogen (secondary N) is 1. The van der Waals surface area contributed by atoms with Crippen LogP contribution in [0.3, 0.4) is 0 Å². The molecule has 15 heteroatoms. The summed E-state index contributed by atoms with van der Waals surface area (Å²) in [6.45, 7) is 3.59. The number of hydrogen-bond acceptors (Lipinski definition) is 15. The molecule has 1 atom stereocenters. The summed E-state index contributed by atoms with van der Waals surface area (Å²) in [7, 11) is 5.58. The highest BCUT2D eigenvalue weighted by Gasteiger charge is 2.34. The predicted octanol–water partition coefficient (Wildman–Crippen LogP) is 2.66. The number of carbonyl (C=O) groups excluding carboxylic acids is 5. The smallest absolute Gasteiger partial charge is 0.306 e. The Labute approximate surface area is 275 Å². The molecule has 0 aromatic carbocycles. The molecule has 1 N–H and O–H groups in total. The highest BCUT2D eigenvalue weighted by Crippen LogP contribution is 2.25. The fourth-order valence-corrected chi connectivity index (χ4v) is 5.14. The van der Waals surface area contributed by atoms with Gasteiger partial charge in [0.15, 0.2) is 0 Å². The maximum Gasteiger partial charge on any atom is 0.306 e. The summed E-state index contributed by atoms with van der Waals surface area (Å²) in [6.07, 6.45) is 3.41. The fraction of sp³-hybridized carbons (Fsp3) is 0.828. The average Bonchev–Trinajstić information content (AvgIpc) is 2.99. The summed E-state index contributed by atoms with van der Waals surface area (Å²) in [5.41, 5.74) is -0.881. The van der Waals surface area contributed by atoms with Crippen molar-refractivity contribution in [2.45, 2.75) is 45.4 Å². The van der Waals surface area contributed by atoms with Crippen molar-refractivity contribution in [3.05, 3.63) is 0 Å². The molecule has 0 aliphatic heterocycles. The van der Waals surface area contributed by atoms with E-state index in [4.69, 9.17) is 23.7 Å². The molecule has 0 rings (SSSR count). The summed E-state index contributed by atoms with van der Waals surface area (Å²) in [6, 6.07) is 0. The van der Waals surface area contributed by atoms with E-state index in [2.05, 4.69) is 5.32 Å². The number of rotatable bonds is 28. The van der Waals surface area contributed by atoms with Crippen LogP contribution in [0.4, 0.5) is 0 Å². The number of thioether (sulfide) groups is 3. The molecule has 0 aromatic heterocycles. The second kappa shape index (κ2) is 27.6. The van der Waals surface area contributed by atoms with Gasteiger partial charge in [-0.3, -0.25) is 24.0 Å². The quantitative estimate of drug-likeness (QED) is 0.0731. The van der Waals surface area contributed by atoms with Crippen molar-refractivity contribution in [3.63, 3.8) is 0 Å². The van der Waals surface area contributed by atoms with Gasteiger partial charge in [-0.25, -0.2) is 0 Å². The van der Waals surface area contributed by atoms with Gasteiger partial charge in [0.1, 0.15) is 33.0 Å². The Bertz CT molecular complexity index is 835. The van der Waals surface area contributed by atoms with Crippen molar-refractivity contribution in [3.8, 4) is 0 Å². The molecule has 0 radical (unpaired) electrons. The number of likely N-dealkylation sites (N-methyl/N-ethyl adjacent to an activating group) is 2. The van der Waals surface area contributed by atoms with E-state index in [9.17, 15) is 24.0 Å². The normalized spacial score (nSPS) is 12.3. The van der Waals surface area contributed by atoms with Gasteiger partial charge in [0.25, 0.3) is 0 Å². The van der Waals surface area contributed by atoms with Crippen molar-refractivity contribution >= 4 is 65.1 Å². The maximum absolute atomic E-state index is 12.5. The first-order valence-corrected chi connectivity index (χ1v) is 18.5. The van der Waals surface area contributed by atoms with Crippen LogP contribution in [0.15, 0.2) is 0 Å². The molecule has 0 amide bonds. The van der Waals surface area contributed by atoms with Gasteiger partial charge in [0.2, 0.25) is 0 Å². The topological polar surface area (TPSA) is 147 Å². The minimum Gasteiger partial charge on any atom is -0.465 e. The van der Waals surface area contributed by atoms with Crippen LogP contribution in [0, 0.1) is 5.41 Å². The first-order valence-electron chi connectivity index (χ1n) is 14.8. The van der Waals surface area contributed by atoms with Gasteiger partial charge < -0.3 is 33.9 Å². The lowest BCUT2D eigenvalue weighted by Gasteiger charge is -2.31. The summed E-state index contributed by atoms with van der Waals surface area (Å²) >= 11 is 4.44. The molecule has 256 valence electrons. The van der Waals surface area contributed by atoms with Crippen LogP contribution in [0.2, 0.25) is 0 Å². The average molecular weight is 685 g/mol. The Morgan fingerprint density at radius 1 is 0.636 bits per heavy atom. The molecular weight excluding hydrogens is 633 g/mol. The molecule has 12 nitrogen and oxygen atoms in total.